The van der Waals surface area contributed by atoms with Crippen LogP contribution in [0.2, 0.25) is 0 Å². The number of rotatable bonds is 2. The van der Waals surface area contributed by atoms with Crippen LogP contribution in [0.1, 0.15) is 56.7 Å². The summed E-state index contributed by atoms with van der Waals surface area (Å²) in [6.07, 6.45) is 0.971. The van der Waals surface area contributed by atoms with E-state index in [1.165, 1.54) is 11.3 Å². The standard InChI is InChI=1S/C25H34Cl2N2O6S/c1-13-10-34-12-25(27)20(35-25)8-18(17(26)7-16-11-36-15(3)28-16)29-21(31)9-19(30)24(5-4-6-24)23(33)14(2)22(13)32/h7,11,13-14,18-20,22,30,32H,4-6,8-10,12H2,1-3H3,(H,29,31)/b17-7-/t13-,14+,18-,19-,20?,22-,25?/m0/s1. The zero-order chi connectivity index (χ0) is 26.3. The van der Waals surface area contributed by atoms with Gasteiger partial charge >= 0.3 is 0 Å². The van der Waals surface area contributed by atoms with Gasteiger partial charge in [0.05, 0.1) is 54.0 Å². The van der Waals surface area contributed by atoms with Gasteiger partial charge in [-0.3, -0.25) is 9.59 Å². The summed E-state index contributed by atoms with van der Waals surface area (Å²) in [5.41, 5.74) is -0.352. The highest BCUT2D eigenvalue weighted by atomic mass is 35.5. The molecule has 1 aliphatic carbocycles. The number of aromatic nitrogens is 1. The van der Waals surface area contributed by atoms with Crippen LogP contribution < -0.4 is 5.32 Å². The van der Waals surface area contributed by atoms with E-state index in [0.717, 1.165) is 11.4 Å². The topological polar surface area (TPSA) is 121 Å². The molecule has 1 aromatic heterocycles. The average Bonchev–Trinajstić information content (AvgIpc) is 3.22. The van der Waals surface area contributed by atoms with Crippen molar-refractivity contribution in [3.63, 3.8) is 0 Å². The first-order valence-electron chi connectivity index (χ1n) is 12.4. The summed E-state index contributed by atoms with van der Waals surface area (Å²) >= 11 is 14.7. The van der Waals surface area contributed by atoms with Crippen molar-refractivity contribution in [3.05, 3.63) is 21.1 Å². The Balaban J connectivity index is 1.58. The van der Waals surface area contributed by atoms with E-state index in [2.05, 4.69) is 10.3 Å². The molecule has 4 rings (SSSR count). The van der Waals surface area contributed by atoms with Gasteiger partial charge in [0.15, 0.2) is 5.06 Å². The van der Waals surface area contributed by atoms with E-state index in [9.17, 15) is 19.8 Å². The molecule has 0 radical (unpaired) electrons. The van der Waals surface area contributed by atoms with Crippen molar-refractivity contribution in [2.45, 2.75) is 82.3 Å². The third-order valence-corrected chi connectivity index (χ3v) is 9.35. The molecule has 3 N–H and O–H groups in total. The van der Waals surface area contributed by atoms with Gasteiger partial charge in [0.25, 0.3) is 0 Å². The Kier molecular flexibility index (Phi) is 8.51. The SMILES string of the molecule is Cc1nc(/C=C(\Cl)[C@@H]2CC3OC3(Cl)COC[C@H](C)[C@H](O)[C@@H](C)C(=O)C3(CCC3)[C@@H](O)CC(=O)N2)cs1. The Bertz CT molecular complexity index is 1010. The van der Waals surface area contributed by atoms with E-state index in [1.807, 2.05) is 19.2 Å². The molecule has 200 valence electrons. The van der Waals surface area contributed by atoms with Crippen LogP contribution in [-0.2, 0) is 19.1 Å². The summed E-state index contributed by atoms with van der Waals surface area (Å²) in [7, 11) is 0. The molecule has 7 atom stereocenters. The third kappa shape index (κ3) is 5.82. The number of aliphatic hydroxyl groups is 2. The molecule has 3 fully saturated rings. The minimum Gasteiger partial charge on any atom is -0.392 e. The molecule has 2 saturated heterocycles. The fraction of sp³-hybridized carbons (Fsp3) is 0.720. The molecule has 2 unspecified atom stereocenters. The van der Waals surface area contributed by atoms with Gasteiger partial charge in [-0.1, -0.05) is 43.5 Å². The molecule has 0 aromatic carbocycles. The van der Waals surface area contributed by atoms with E-state index >= 15 is 0 Å². The molecule has 8 nitrogen and oxygen atoms in total. The lowest BCUT2D eigenvalue weighted by atomic mass is 9.59. The average molecular weight is 562 g/mol. The second-order valence-electron chi connectivity index (χ2n) is 10.4. The van der Waals surface area contributed by atoms with Crippen LogP contribution in [0.4, 0.5) is 0 Å². The highest BCUT2D eigenvalue weighted by Gasteiger charge is 2.57. The number of alkyl halides is 1. The molecule has 1 amide bonds. The van der Waals surface area contributed by atoms with E-state index in [-0.39, 0.29) is 31.3 Å². The number of aryl methyl sites for hydroxylation is 1. The molecular formula is C25H34Cl2N2O6S. The van der Waals surface area contributed by atoms with Gasteiger partial charge in [-0.2, -0.15) is 0 Å². The van der Waals surface area contributed by atoms with Gasteiger partial charge in [-0.25, -0.2) is 4.98 Å². The highest BCUT2D eigenvalue weighted by Crippen LogP contribution is 2.48. The summed E-state index contributed by atoms with van der Waals surface area (Å²) in [6.45, 7) is 5.66. The van der Waals surface area contributed by atoms with Crippen molar-refractivity contribution in [1.29, 1.82) is 0 Å². The smallest absolute Gasteiger partial charge is 0.223 e. The number of halogens is 2. The van der Waals surface area contributed by atoms with Gasteiger partial charge in [0, 0.05) is 28.7 Å². The van der Waals surface area contributed by atoms with E-state index in [4.69, 9.17) is 32.7 Å². The third-order valence-electron chi connectivity index (χ3n) is 7.74. The minimum absolute atomic E-state index is 0.0918. The van der Waals surface area contributed by atoms with Crippen molar-refractivity contribution in [2.75, 3.05) is 13.2 Å². The van der Waals surface area contributed by atoms with Gasteiger partial charge in [-0.05, 0) is 25.8 Å². The number of ether oxygens (including phenoxy) is 2. The van der Waals surface area contributed by atoms with E-state index < -0.39 is 46.7 Å². The minimum atomic E-state index is -1.17. The summed E-state index contributed by atoms with van der Waals surface area (Å²) in [4.78, 5) is 30.9. The van der Waals surface area contributed by atoms with Crippen LogP contribution in [-0.4, -0.2) is 69.5 Å². The molecule has 0 bridgehead atoms. The Morgan fingerprint density at radius 3 is 2.64 bits per heavy atom. The lowest BCUT2D eigenvalue weighted by Gasteiger charge is -2.46. The molecular weight excluding hydrogens is 527 g/mol. The second kappa shape index (κ2) is 11.0. The van der Waals surface area contributed by atoms with Crippen LogP contribution in [0.3, 0.4) is 0 Å². The summed E-state index contributed by atoms with van der Waals surface area (Å²) < 4.78 is 11.5. The van der Waals surface area contributed by atoms with Gasteiger partial charge in [0.1, 0.15) is 11.9 Å². The van der Waals surface area contributed by atoms with Crippen LogP contribution in [0.5, 0.6) is 0 Å². The zero-order valence-corrected chi connectivity index (χ0v) is 23.0. The number of carbonyl (C=O) groups is 2. The van der Waals surface area contributed by atoms with E-state index in [1.54, 1.807) is 13.0 Å². The van der Waals surface area contributed by atoms with Crippen LogP contribution in [0.15, 0.2) is 10.4 Å². The van der Waals surface area contributed by atoms with Gasteiger partial charge < -0.3 is 25.0 Å². The first-order chi connectivity index (χ1) is 16.9. The molecule has 1 aromatic rings. The largest absolute Gasteiger partial charge is 0.392 e. The van der Waals surface area contributed by atoms with Crippen LogP contribution in [0.25, 0.3) is 6.08 Å². The van der Waals surface area contributed by atoms with Crippen LogP contribution in [0, 0.1) is 24.2 Å². The number of nitrogens with one attached hydrogen (secondary N) is 1. The van der Waals surface area contributed by atoms with E-state index in [0.29, 0.717) is 30.0 Å². The number of hydrogen-bond donors (Lipinski definition) is 3. The first-order valence-corrected chi connectivity index (χ1v) is 14.0. The number of aliphatic hydroxyl groups excluding tert-OH is 2. The fourth-order valence-corrected chi connectivity index (χ4v) is 6.31. The van der Waals surface area contributed by atoms with Gasteiger partial charge in [-0.15, -0.1) is 11.3 Å². The molecule has 3 aliphatic rings. The molecule has 36 heavy (non-hydrogen) atoms. The number of nitrogens with zero attached hydrogens (tertiary/aromatic N) is 1. The number of ketones is 1. The predicted molar refractivity (Wildman–Crippen MR) is 138 cm³/mol. The predicted octanol–water partition coefficient (Wildman–Crippen LogP) is 3.39. The van der Waals surface area contributed by atoms with Crippen LogP contribution >= 0.6 is 34.5 Å². The van der Waals surface area contributed by atoms with Crippen molar-refractivity contribution in [1.82, 2.24) is 10.3 Å². The molecule has 1 saturated carbocycles. The maximum atomic E-state index is 13.4. The highest BCUT2D eigenvalue weighted by molar-refractivity contribution is 7.09. The lowest BCUT2D eigenvalue weighted by molar-refractivity contribution is -0.155. The Morgan fingerprint density at radius 2 is 2.03 bits per heavy atom. The summed E-state index contributed by atoms with van der Waals surface area (Å²) in [5, 5.41) is 26.9. The second-order valence-corrected chi connectivity index (χ2v) is 12.6. The van der Waals surface area contributed by atoms with Crippen molar-refractivity contribution in [2.24, 2.45) is 17.3 Å². The molecule has 3 heterocycles. The quantitative estimate of drug-likeness (QED) is 0.374. The summed E-state index contributed by atoms with van der Waals surface area (Å²) in [6, 6.07) is -0.625. The first kappa shape index (κ1) is 28.0. The van der Waals surface area contributed by atoms with Crippen molar-refractivity contribution in [3.8, 4) is 0 Å². The monoisotopic (exact) mass is 560 g/mol. The van der Waals surface area contributed by atoms with Crippen molar-refractivity contribution >= 4 is 52.3 Å². The number of epoxide rings is 1. The zero-order valence-electron chi connectivity index (χ0n) is 20.7. The Hall–Kier alpha value is -1.07. The van der Waals surface area contributed by atoms with Crippen molar-refractivity contribution < 1.29 is 29.3 Å². The molecule has 11 heteroatoms. The normalized spacial score (nSPS) is 38.2. The maximum Gasteiger partial charge on any atom is 0.223 e. The number of fused-ring (bicyclic) bond motifs is 1. The number of hydrogen-bond acceptors (Lipinski definition) is 8. The maximum absolute atomic E-state index is 13.4. The number of amides is 1. The van der Waals surface area contributed by atoms with Gasteiger partial charge in [0.2, 0.25) is 5.91 Å². The number of carbonyl (C=O) groups excluding carboxylic acids is 2. The molecule has 2 aliphatic heterocycles. The lowest BCUT2D eigenvalue weighted by Crippen LogP contribution is -2.54. The fourth-order valence-electron chi connectivity index (χ4n) is 5.21. The number of thiazole rings is 1. The number of Topliss-reactive ketones (excluding diaryl/α,β-unsaturated/α-hetero) is 1. The summed E-state index contributed by atoms with van der Waals surface area (Å²) in [5.74, 6) is -1.69. The molecule has 1 spiro atoms. The Morgan fingerprint density at radius 1 is 1.31 bits per heavy atom. The Labute approximate surface area is 225 Å².